The van der Waals surface area contributed by atoms with Crippen LogP contribution in [-0.4, -0.2) is 63.2 Å². The number of fused-ring (bicyclic) bond motifs is 1. The van der Waals surface area contributed by atoms with Crippen LogP contribution in [0.4, 0.5) is 4.39 Å². The Morgan fingerprint density at radius 2 is 1.88 bits per heavy atom. The molecule has 1 fully saturated rings. The Balaban J connectivity index is 1.90. The highest BCUT2D eigenvalue weighted by molar-refractivity contribution is 6.46. The summed E-state index contributed by atoms with van der Waals surface area (Å²) >= 11 is 0. The van der Waals surface area contributed by atoms with Gasteiger partial charge < -0.3 is 14.9 Å². The molecule has 2 aromatic heterocycles. The van der Waals surface area contributed by atoms with Crippen LogP contribution >= 0.6 is 0 Å². The molecule has 3 heterocycles. The summed E-state index contributed by atoms with van der Waals surface area (Å²) < 4.78 is 16.5. The molecule has 0 spiro atoms. The van der Waals surface area contributed by atoms with Gasteiger partial charge in [0.2, 0.25) is 0 Å². The number of hydrogen-bond acceptors (Lipinski definition) is 5. The first-order chi connectivity index (χ1) is 15.3. The van der Waals surface area contributed by atoms with E-state index in [1.165, 1.54) is 11.0 Å². The van der Waals surface area contributed by atoms with Gasteiger partial charge in [-0.1, -0.05) is 24.3 Å². The molecule has 7 nitrogen and oxygen atoms in total. The van der Waals surface area contributed by atoms with Crippen LogP contribution in [0.25, 0.3) is 11.4 Å². The first-order valence-corrected chi connectivity index (χ1v) is 10.4. The lowest BCUT2D eigenvalue weighted by atomic mass is 9.95. The molecule has 0 bridgehead atoms. The second kappa shape index (κ2) is 8.55. The number of pyridine rings is 1. The third-order valence-corrected chi connectivity index (χ3v) is 5.67. The van der Waals surface area contributed by atoms with Crippen molar-refractivity contribution in [2.24, 2.45) is 0 Å². The molecule has 1 aliphatic rings. The molecule has 32 heavy (non-hydrogen) atoms. The smallest absolute Gasteiger partial charge is 0.295 e. The van der Waals surface area contributed by atoms with E-state index in [1.807, 2.05) is 25.1 Å². The number of ketones is 1. The number of aromatic nitrogens is 2. The van der Waals surface area contributed by atoms with Gasteiger partial charge >= 0.3 is 0 Å². The highest BCUT2D eigenvalue weighted by Crippen LogP contribution is 2.40. The number of benzene rings is 1. The first kappa shape index (κ1) is 21.7. The Bertz CT molecular complexity index is 1230. The zero-order valence-corrected chi connectivity index (χ0v) is 18.2. The number of likely N-dealkylation sites (tertiary alicyclic amines) is 1. The minimum absolute atomic E-state index is 0.126. The van der Waals surface area contributed by atoms with E-state index in [4.69, 9.17) is 0 Å². The molecule has 1 atom stereocenters. The number of imidazole rings is 1. The van der Waals surface area contributed by atoms with Gasteiger partial charge in [-0.25, -0.2) is 9.37 Å². The van der Waals surface area contributed by atoms with E-state index in [2.05, 4.69) is 4.98 Å². The summed E-state index contributed by atoms with van der Waals surface area (Å²) in [7, 11) is 3.83. The van der Waals surface area contributed by atoms with Crippen molar-refractivity contribution in [1.29, 1.82) is 0 Å². The number of amides is 1. The highest BCUT2D eigenvalue weighted by atomic mass is 19.1. The summed E-state index contributed by atoms with van der Waals surface area (Å²) in [5, 5.41) is 11.3. The van der Waals surface area contributed by atoms with Gasteiger partial charge in [-0.2, -0.15) is 0 Å². The van der Waals surface area contributed by atoms with E-state index in [-0.39, 0.29) is 23.4 Å². The SMILES string of the molecule is Cc1nc2ccccn2c1/C(O)=C1\C(=O)C(=O)N(CCCN(C)C)[C@H]1c1ccccc1F. The van der Waals surface area contributed by atoms with Gasteiger partial charge in [0.05, 0.1) is 17.3 Å². The molecule has 1 saturated heterocycles. The maximum absolute atomic E-state index is 14.9. The highest BCUT2D eigenvalue weighted by Gasteiger charge is 2.47. The summed E-state index contributed by atoms with van der Waals surface area (Å²) in [5.74, 6) is -2.48. The number of halogens is 1. The van der Waals surface area contributed by atoms with Gasteiger partial charge in [-0.15, -0.1) is 0 Å². The summed E-state index contributed by atoms with van der Waals surface area (Å²) in [5.41, 5.74) is 1.45. The standard InChI is InChI=1S/C24H25FN4O3/c1-15-20(28-13-7-6-11-18(28)26-15)22(30)19-21(16-9-4-5-10-17(16)25)29(24(32)23(19)31)14-8-12-27(2)3/h4-7,9-11,13,21,30H,8,12,14H2,1-3H3/b22-19+/t21-/m0/s1. The second-order valence-corrected chi connectivity index (χ2v) is 8.15. The molecule has 8 heteroatoms. The minimum atomic E-state index is -1.02. The molecule has 166 valence electrons. The van der Waals surface area contributed by atoms with E-state index in [0.717, 1.165) is 0 Å². The van der Waals surface area contributed by atoms with Crippen molar-refractivity contribution in [3.8, 4) is 0 Å². The van der Waals surface area contributed by atoms with Crippen molar-refractivity contribution in [3.05, 3.63) is 77.0 Å². The summed E-state index contributed by atoms with van der Waals surface area (Å²) in [4.78, 5) is 33.9. The van der Waals surface area contributed by atoms with Crippen LogP contribution in [0.1, 0.15) is 29.4 Å². The fourth-order valence-corrected chi connectivity index (χ4v) is 4.21. The van der Waals surface area contributed by atoms with E-state index < -0.39 is 23.5 Å². The van der Waals surface area contributed by atoms with Crippen molar-refractivity contribution in [2.45, 2.75) is 19.4 Å². The van der Waals surface area contributed by atoms with Crippen molar-refractivity contribution in [1.82, 2.24) is 19.2 Å². The average Bonchev–Trinajstić information content (AvgIpc) is 3.22. The number of carbonyl (C=O) groups is 2. The van der Waals surface area contributed by atoms with E-state index in [1.54, 1.807) is 47.9 Å². The van der Waals surface area contributed by atoms with E-state index in [9.17, 15) is 19.1 Å². The van der Waals surface area contributed by atoms with Crippen molar-refractivity contribution >= 4 is 23.1 Å². The van der Waals surface area contributed by atoms with Crippen molar-refractivity contribution < 1.29 is 19.1 Å². The van der Waals surface area contributed by atoms with Crippen molar-refractivity contribution in [2.75, 3.05) is 27.2 Å². The number of Topliss-reactive ketones (excluding diaryl/α,β-unsaturated/α-hetero) is 1. The third kappa shape index (κ3) is 3.67. The third-order valence-electron chi connectivity index (χ3n) is 5.67. The zero-order valence-electron chi connectivity index (χ0n) is 18.2. The zero-order chi connectivity index (χ0) is 23.0. The van der Waals surface area contributed by atoms with Crippen LogP contribution in [0.3, 0.4) is 0 Å². The minimum Gasteiger partial charge on any atom is -0.505 e. The summed E-state index contributed by atoms with van der Waals surface area (Å²) in [6.07, 6.45) is 2.31. The lowest BCUT2D eigenvalue weighted by Crippen LogP contribution is -2.32. The lowest BCUT2D eigenvalue weighted by molar-refractivity contribution is -0.140. The van der Waals surface area contributed by atoms with Crippen LogP contribution in [0.15, 0.2) is 54.2 Å². The predicted octanol–water partition coefficient (Wildman–Crippen LogP) is 3.16. The number of carbonyl (C=O) groups excluding carboxylic acids is 2. The topological polar surface area (TPSA) is 78.1 Å². The van der Waals surface area contributed by atoms with Gasteiger partial charge in [0, 0.05) is 18.3 Å². The molecule has 0 saturated carbocycles. The van der Waals surface area contributed by atoms with Crippen LogP contribution in [-0.2, 0) is 9.59 Å². The summed E-state index contributed by atoms with van der Waals surface area (Å²) in [6.45, 7) is 2.66. The monoisotopic (exact) mass is 436 g/mol. The number of rotatable bonds is 6. The number of aliphatic hydroxyl groups excluding tert-OH is 1. The molecule has 3 aromatic rings. The molecular weight excluding hydrogens is 411 g/mol. The fourth-order valence-electron chi connectivity index (χ4n) is 4.21. The number of nitrogens with zero attached hydrogens (tertiary/aromatic N) is 4. The maximum Gasteiger partial charge on any atom is 0.295 e. The van der Waals surface area contributed by atoms with Crippen LogP contribution in [0.5, 0.6) is 0 Å². The Labute approximate surface area is 185 Å². The number of aryl methyl sites for hydroxylation is 1. The Morgan fingerprint density at radius 1 is 1.16 bits per heavy atom. The van der Waals surface area contributed by atoms with Crippen LogP contribution < -0.4 is 0 Å². The van der Waals surface area contributed by atoms with Crippen LogP contribution in [0, 0.1) is 12.7 Å². The number of hydrogen-bond donors (Lipinski definition) is 1. The molecule has 1 N–H and O–H groups in total. The van der Waals surface area contributed by atoms with Crippen molar-refractivity contribution in [3.63, 3.8) is 0 Å². The first-order valence-electron chi connectivity index (χ1n) is 10.4. The van der Waals surface area contributed by atoms with Crippen LogP contribution in [0.2, 0.25) is 0 Å². The second-order valence-electron chi connectivity index (χ2n) is 8.15. The fraction of sp³-hybridized carbons (Fsp3) is 0.292. The Hall–Kier alpha value is -3.52. The normalized spacial score (nSPS) is 18.3. The molecule has 1 aliphatic heterocycles. The Kier molecular flexibility index (Phi) is 5.80. The molecule has 0 unspecified atom stereocenters. The van der Waals surface area contributed by atoms with Gasteiger partial charge in [-0.3, -0.25) is 14.0 Å². The predicted molar refractivity (Wildman–Crippen MR) is 119 cm³/mol. The van der Waals surface area contributed by atoms with Gasteiger partial charge in [-0.05, 0) is 52.2 Å². The van der Waals surface area contributed by atoms with Gasteiger partial charge in [0.25, 0.3) is 11.7 Å². The molecule has 1 amide bonds. The van der Waals surface area contributed by atoms with Gasteiger partial charge in [0.1, 0.15) is 17.2 Å². The maximum atomic E-state index is 14.9. The molecule has 0 aliphatic carbocycles. The van der Waals surface area contributed by atoms with E-state index >= 15 is 0 Å². The number of aliphatic hydroxyl groups is 1. The molecule has 1 aromatic carbocycles. The quantitative estimate of drug-likeness (QED) is 0.365. The molecular formula is C24H25FN4O3. The lowest BCUT2D eigenvalue weighted by Gasteiger charge is -2.26. The Morgan fingerprint density at radius 3 is 2.59 bits per heavy atom. The van der Waals surface area contributed by atoms with E-state index in [0.29, 0.717) is 30.0 Å². The molecule has 0 radical (unpaired) electrons. The molecule has 4 rings (SSSR count). The largest absolute Gasteiger partial charge is 0.505 e. The summed E-state index contributed by atoms with van der Waals surface area (Å²) in [6, 6.07) is 10.4. The average molecular weight is 436 g/mol. The van der Waals surface area contributed by atoms with Gasteiger partial charge in [0.15, 0.2) is 5.76 Å².